The lowest BCUT2D eigenvalue weighted by Crippen LogP contribution is -2.30. The lowest BCUT2D eigenvalue weighted by Gasteiger charge is -2.25. The maximum Gasteiger partial charge on any atom is 0.264 e. The van der Waals surface area contributed by atoms with Crippen molar-refractivity contribution in [3.05, 3.63) is 120 Å². The number of nitrogens with zero attached hydrogens (tertiary/aromatic N) is 1. The molecule has 7 nitrogen and oxygen atoms in total. The molecule has 0 spiro atoms. The molecule has 0 unspecified atom stereocenters. The minimum atomic E-state index is -3.80. The van der Waals surface area contributed by atoms with Crippen LogP contribution in [0.5, 0.6) is 0 Å². The summed E-state index contributed by atoms with van der Waals surface area (Å²) in [5.74, 6) is -0.472. The van der Waals surface area contributed by atoms with E-state index in [0.29, 0.717) is 22.6 Å². The quantitative estimate of drug-likeness (QED) is 0.344. The van der Waals surface area contributed by atoms with Crippen LogP contribution in [0.1, 0.15) is 22.8 Å². The Morgan fingerprint density at radius 2 is 1.22 bits per heavy atom. The molecule has 182 valence electrons. The third kappa shape index (κ3) is 5.97. The van der Waals surface area contributed by atoms with Gasteiger partial charge < -0.3 is 10.6 Å². The molecule has 0 atom stereocenters. The van der Waals surface area contributed by atoms with Crippen molar-refractivity contribution in [2.45, 2.75) is 18.4 Å². The highest BCUT2D eigenvalue weighted by molar-refractivity contribution is 7.92. The molecule has 0 aliphatic carbocycles. The highest BCUT2D eigenvalue weighted by Gasteiger charge is 2.25. The standard InChI is InChI=1S/C28H25N3O4S/c1-21(32)29-24-16-18-25(19-17-24)30-28(33)23-14-12-22(13-15-23)20-31(26-8-4-2-5-9-26)36(34,35)27-10-6-3-7-11-27/h2-19H,20H2,1H3,(H,29,32)(H,30,33). The molecule has 4 rings (SSSR count). The van der Waals surface area contributed by atoms with Gasteiger partial charge in [-0.2, -0.15) is 0 Å². The number of anilines is 3. The first-order valence-electron chi connectivity index (χ1n) is 11.2. The number of amides is 2. The molecule has 0 heterocycles. The van der Waals surface area contributed by atoms with Gasteiger partial charge in [0.05, 0.1) is 17.1 Å². The zero-order valence-corrected chi connectivity index (χ0v) is 20.4. The molecular weight excluding hydrogens is 474 g/mol. The van der Waals surface area contributed by atoms with Crippen LogP contribution in [-0.4, -0.2) is 20.2 Å². The van der Waals surface area contributed by atoms with E-state index < -0.39 is 10.0 Å². The summed E-state index contributed by atoms with van der Waals surface area (Å²) in [6, 6.07) is 30.8. The molecular formula is C28H25N3O4S. The van der Waals surface area contributed by atoms with Gasteiger partial charge >= 0.3 is 0 Å². The molecule has 0 saturated heterocycles. The molecule has 0 aliphatic heterocycles. The summed E-state index contributed by atoms with van der Waals surface area (Å²) in [5.41, 5.74) is 2.93. The van der Waals surface area contributed by atoms with E-state index in [-0.39, 0.29) is 23.3 Å². The third-order valence-corrected chi connectivity index (χ3v) is 7.17. The summed E-state index contributed by atoms with van der Waals surface area (Å²) in [6.07, 6.45) is 0. The number of carbonyl (C=O) groups is 2. The second-order valence-corrected chi connectivity index (χ2v) is 9.93. The SMILES string of the molecule is CC(=O)Nc1ccc(NC(=O)c2ccc(CN(c3ccccc3)S(=O)(=O)c3ccccc3)cc2)cc1. The van der Waals surface area contributed by atoms with Gasteiger partial charge in [0.25, 0.3) is 15.9 Å². The summed E-state index contributed by atoms with van der Waals surface area (Å²) in [7, 11) is -3.80. The first-order chi connectivity index (χ1) is 17.3. The highest BCUT2D eigenvalue weighted by atomic mass is 32.2. The molecule has 2 N–H and O–H groups in total. The van der Waals surface area contributed by atoms with Crippen molar-refractivity contribution in [2.75, 3.05) is 14.9 Å². The normalized spacial score (nSPS) is 10.9. The Balaban J connectivity index is 1.51. The average Bonchev–Trinajstić information content (AvgIpc) is 2.89. The first-order valence-corrected chi connectivity index (χ1v) is 12.7. The maximum atomic E-state index is 13.4. The lowest BCUT2D eigenvalue weighted by molar-refractivity contribution is -0.114. The molecule has 4 aromatic carbocycles. The van der Waals surface area contributed by atoms with E-state index >= 15 is 0 Å². The number of benzene rings is 4. The van der Waals surface area contributed by atoms with Crippen molar-refractivity contribution < 1.29 is 18.0 Å². The summed E-state index contributed by atoms with van der Waals surface area (Å²) < 4.78 is 28.2. The smallest absolute Gasteiger partial charge is 0.264 e. The van der Waals surface area contributed by atoms with Gasteiger partial charge in [-0.15, -0.1) is 0 Å². The van der Waals surface area contributed by atoms with Gasteiger partial charge in [0.15, 0.2) is 0 Å². The average molecular weight is 500 g/mol. The highest BCUT2D eigenvalue weighted by Crippen LogP contribution is 2.26. The lowest BCUT2D eigenvalue weighted by atomic mass is 10.1. The predicted octanol–water partition coefficient (Wildman–Crippen LogP) is 5.29. The summed E-state index contributed by atoms with van der Waals surface area (Å²) >= 11 is 0. The fourth-order valence-electron chi connectivity index (χ4n) is 3.60. The van der Waals surface area contributed by atoms with Gasteiger partial charge in [-0.3, -0.25) is 13.9 Å². The maximum absolute atomic E-state index is 13.4. The van der Waals surface area contributed by atoms with Crippen LogP contribution in [0.2, 0.25) is 0 Å². The van der Waals surface area contributed by atoms with E-state index in [1.54, 1.807) is 103 Å². The van der Waals surface area contributed by atoms with E-state index in [2.05, 4.69) is 10.6 Å². The fraction of sp³-hybridized carbons (Fsp3) is 0.0714. The minimum absolute atomic E-state index is 0.105. The van der Waals surface area contributed by atoms with Gasteiger partial charge in [0, 0.05) is 23.9 Å². The molecule has 2 amide bonds. The molecule has 0 bridgehead atoms. The predicted molar refractivity (Wildman–Crippen MR) is 141 cm³/mol. The van der Waals surface area contributed by atoms with Gasteiger partial charge in [-0.05, 0) is 66.2 Å². The Hall–Kier alpha value is -4.43. The zero-order chi connectivity index (χ0) is 25.5. The topological polar surface area (TPSA) is 95.6 Å². The van der Waals surface area contributed by atoms with E-state index in [1.165, 1.54) is 11.2 Å². The number of hydrogen-bond acceptors (Lipinski definition) is 4. The fourth-order valence-corrected chi connectivity index (χ4v) is 5.07. The molecule has 36 heavy (non-hydrogen) atoms. The summed E-state index contributed by atoms with van der Waals surface area (Å²) in [4.78, 5) is 24.0. The van der Waals surface area contributed by atoms with Gasteiger partial charge in [0.1, 0.15) is 0 Å². The first kappa shape index (κ1) is 24.7. The van der Waals surface area contributed by atoms with Gasteiger partial charge in [0.2, 0.25) is 5.91 Å². The van der Waals surface area contributed by atoms with Crippen LogP contribution < -0.4 is 14.9 Å². The second-order valence-electron chi connectivity index (χ2n) is 8.07. The van der Waals surface area contributed by atoms with Gasteiger partial charge in [-0.1, -0.05) is 48.5 Å². The third-order valence-electron chi connectivity index (χ3n) is 5.38. The molecule has 4 aromatic rings. The van der Waals surface area contributed by atoms with Crippen molar-refractivity contribution in [1.29, 1.82) is 0 Å². The molecule has 0 aliphatic rings. The summed E-state index contributed by atoms with van der Waals surface area (Å²) in [6.45, 7) is 1.53. The van der Waals surface area contributed by atoms with Crippen LogP contribution in [0.3, 0.4) is 0 Å². The van der Waals surface area contributed by atoms with Gasteiger partial charge in [-0.25, -0.2) is 8.42 Å². The molecule has 0 radical (unpaired) electrons. The van der Waals surface area contributed by atoms with E-state index in [4.69, 9.17) is 0 Å². The minimum Gasteiger partial charge on any atom is -0.326 e. The number of hydrogen-bond donors (Lipinski definition) is 2. The van der Waals surface area contributed by atoms with E-state index in [0.717, 1.165) is 5.56 Å². The van der Waals surface area contributed by atoms with Crippen molar-refractivity contribution in [2.24, 2.45) is 0 Å². The van der Waals surface area contributed by atoms with Crippen LogP contribution in [0.4, 0.5) is 17.1 Å². The van der Waals surface area contributed by atoms with Crippen molar-refractivity contribution in [3.8, 4) is 0 Å². The monoisotopic (exact) mass is 499 g/mol. The van der Waals surface area contributed by atoms with E-state index in [1.807, 2.05) is 6.07 Å². The number of nitrogens with one attached hydrogen (secondary N) is 2. The Bertz CT molecular complexity index is 1440. The number of rotatable bonds is 8. The van der Waals surface area contributed by atoms with Crippen LogP contribution in [0, 0.1) is 0 Å². The Kier molecular flexibility index (Phi) is 7.46. The second kappa shape index (κ2) is 10.9. The van der Waals surface area contributed by atoms with Crippen molar-refractivity contribution in [1.82, 2.24) is 0 Å². The number of carbonyl (C=O) groups excluding carboxylic acids is 2. The van der Waals surface area contributed by atoms with Crippen LogP contribution in [-0.2, 0) is 21.4 Å². The van der Waals surface area contributed by atoms with Crippen LogP contribution in [0.25, 0.3) is 0 Å². The van der Waals surface area contributed by atoms with E-state index in [9.17, 15) is 18.0 Å². The Morgan fingerprint density at radius 1 is 0.694 bits per heavy atom. The Morgan fingerprint density at radius 3 is 1.78 bits per heavy atom. The number of para-hydroxylation sites is 1. The van der Waals surface area contributed by atoms with Crippen LogP contribution in [0.15, 0.2) is 114 Å². The zero-order valence-electron chi connectivity index (χ0n) is 19.6. The Labute approximate surface area is 210 Å². The molecule has 8 heteroatoms. The largest absolute Gasteiger partial charge is 0.326 e. The number of sulfonamides is 1. The molecule has 0 fully saturated rings. The molecule has 0 saturated carbocycles. The summed E-state index contributed by atoms with van der Waals surface area (Å²) in [5, 5.41) is 5.49. The van der Waals surface area contributed by atoms with Crippen LogP contribution >= 0.6 is 0 Å². The van der Waals surface area contributed by atoms with Crippen molar-refractivity contribution in [3.63, 3.8) is 0 Å². The molecule has 0 aromatic heterocycles. The van der Waals surface area contributed by atoms with Crippen molar-refractivity contribution >= 4 is 38.9 Å².